The van der Waals surface area contributed by atoms with Gasteiger partial charge in [-0.1, -0.05) is 0 Å². The summed E-state index contributed by atoms with van der Waals surface area (Å²) in [5.74, 6) is -1.26. The smallest absolute Gasteiger partial charge is 0.258 e. The number of primary sulfonamides is 1. The van der Waals surface area contributed by atoms with Crippen molar-refractivity contribution in [1.82, 2.24) is 0 Å². The SMILES string of the molecule is NS(=O)(=O)c1cc(F)c([N+](=O)[O-])cc1Br. The fourth-order valence-electron chi connectivity index (χ4n) is 0.876. The number of nitro groups is 1. The summed E-state index contributed by atoms with van der Waals surface area (Å²) in [7, 11) is -4.11. The van der Waals surface area contributed by atoms with Crippen LogP contribution in [0.25, 0.3) is 0 Å². The number of hydrogen-bond donors (Lipinski definition) is 1. The van der Waals surface area contributed by atoms with Gasteiger partial charge in [0.05, 0.1) is 9.82 Å². The Hall–Kier alpha value is -1.06. The Morgan fingerprint density at radius 2 is 2.00 bits per heavy atom. The number of rotatable bonds is 2. The largest absolute Gasteiger partial charge is 0.305 e. The van der Waals surface area contributed by atoms with Crippen molar-refractivity contribution in [2.24, 2.45) is 5.14 Å². The molecule has 0 saturated heterocycles. The molecule has 1 aromatic rings. The van der Waals surface area contributed by atoms with Gasteiger partial charge < -0.3 is 0 Å². The molecule has 0 bridgehead atoms. The van der Waals surface area contributed by atoms with Gasteiger partial charge in [-0.2, -0.15) is 4.39 Å². The third-order valence-corrected chi connectivity index (χ3v) is 3.37. The number of nitrogens with two attached hydrogens (primary N) is 1. The third kappa shape index (κ3) is 2.49. The second-order valence-corrected chi connectivity index (χ2v) is 4.92. The molecule has 0 spiro atoms. The lowest BCUT2D eigenvalue weighted by Gasteiger charge is -2.02. The molecule has 0 aliphatic heterocycles. The van der Waals surface area contributed by atoms with Gasteiger partial charge in [0.1, 0.15) is 0 Å². The van der Waals surface area contributed by atoms with E-state index in [9.17, 15) is 22.9 Å². The van der Waals surface area contributed by atoms with E-state index in [1.54, 1.807) is 0 Å². The summed E-state index contributed by atoms with van der Waals surface area (Å²) in [5, 5.41) is 15.1. The number of hydrogen-bond acceptors (Lipinski definition) is 4. The number of benzene rings is 1. The zero-order valence-electron chi connectivity index (χ0n) is 6.98. The van der Waals surface area contributed by atoms with Gasteiger partial charge in [0.15, 0.2) is 0 Å². The van der Waals surface area contributed by atoms with E-state index in [0.29, 0.717) is 6.07 Å². The first-order valence-electron chi connectivity index (χ1n) is 3.39. The van der Waals surface area contributed by atoms with Crippen LogP contribution in [0, 0.1) is 15.9 Å². The van der Waals surface area contributed by atoms with Gasteiger partial charge in [0.2, 0.25) is 15.8 Å². The van der Waals surface area contributed by atoms with E-state index in [0.717, 1.165) is 6.07 Å². The van der Waals surface area contributed by atoms with E-state index in [1.165, 1.54) is 0 Å². The Morgan fingerprint density at radius 3 is 2.40 bits per heavy atom. The second kappa shape index (κ2) is 3.83. The van der Waals surface area contributed by atoms with E-state index < -0.39 is 31.3 Å². The molecule has 6 nitrogen and oxygen atoms in total. The van der Waals surface area contributed by atoms with Crippen LogP contribution in [0.15, 0.2) is 21.5 Å². The summed E-state index contributed by atoms with van der Waals surface area (Å²) in [6.07, 6.45) is 0. The summed E-state index contributed by atoms with van der Waals surface area (Å²) >= 11 is 2.76. The lowest BCUT2D eigenvalue weighted by molar-refractivity contribution is -0.387. The summed E-state index contributed by atoms with van der Waals surface area (Å²) in [6.45, 7) is 0. The van der Waals surface area contributed by atoms with Crippen LogP contribution in [-0.4, -0.2) is 13.3 Å². The minimum atomic E-state index is -4.11. The summed E-state index contributed by atoms with van der Waals surface area (Å²) < 4.78 is 34.7. The highest BCUT2D eigenvalue weighted by molar-refractivity contribution is 9.10. The average Bonchev–Trinajstić information content (AvgIpc) is 2.06. The number of halogens is 2. The van der Waals surface area contributed by atoms with Crippen molar-refractivity contribution in [2.75, 3.05) is 0 Å². The molecule has 0 aromatic heterocycles. The lowest BCUT2D eigenvalue weighted by atomic mass is 10.3. The molecule has 0 atom stereocenters. The Kier molecular flexibility index (Phi) is 3.07. The topological polar surface area (TPSA) is 103 Å². The highest BCUT2D eigenvalue weighted by atomic mass is 79.9. The highest BCUT2D eigenvalue weighted by Crippen LogP contribution is 2.28. The maximum absolute atomic E-state index is 13.0. The zero-order chi connectivity index (χ0) is 11.8. The molecular weight excluding hydrogens is 295 g/mol. The van der Waals surface area contributed by atoms with Crippen LogP contribution in [0.1, 0.15) is 0 Å². The molecule has 0 saturated carbocycles. The molecule has 0 fully saturated rings. The van der Waals surface area contributed by atoms with E-state index in [2.05, 4.69) is 15.9 Å². The van der Waals surface area contributed by atoms with Crippen molar-refractivity contribution in [2.45, 2.75) is 4.90 Å². The molecular formula is C6H4BrFN2O4S. The van der Waals surface area contributed by atoms with Crippen LogP contribution in [0.3, 0.4) is 0 Å². The van der Waals surface area contributed by atoms with Crippen LogP contribution in [-0.2, 0) is 10.0 Å². The molecule has 15 heavy (non-hydrogen) atoms. The minimum absolute atomic E-state index is 0.155. The van der Waals surface area contributed by atoms with Crippen molar-refractivity contribution in [3.05, 3.63) is 32.5 Å². The van der Waals surface area contributed by atoms with E-state index in [4.69, 9.17) is 5.14 Å². The Labute approximate surface area is 92.2 Å². The van der Waals surface area contributed by atoms with Gasteiger partial charge in [0.25, 0.3) is 0 Å². The van der Waals surface area contributed by atoms with Crippen molar-refractivity contribution in [3.8, 4) is 0 Å². The normalized spacial score (nSPS) is 11.4. The summed E-state index contributed by atoms with van der Waals surface area (Å²) in [4.78, 5) is 8.80. The second-order valence-electron chi connectivity index (χ2n) is 2.54. The minimum Gasteiger partial charge on any atom is -0.258 e. The fraction of sp³-hybridized carbons (Fsp3) is 0. The molecule has 1 rings (SSSR count). The van der Waals surface area contributed by atoms with Gasteiger partial charge in [-0.15, -0.1) is 0 Å². The van der Waals surface area contributed by atoms with Gasteiger partial charge in [-0.05, 0) is 15.9 Å². The zero-order valence-corrected chi connectivity index (χ0v) is 9.38. The van der Waals surface area contributed by atoms with Crippen LogP contribution in [0.2, 0.25) is 0 Å². The van der Waals surface area contributed by atoms with Crippen LogP contribution in [0.4, 0.5) is 10.1 Å². The number of nitrogens with zero attached hydrogens (tertiary/aromatic N) is 1. The number of sulfonamides is 1. The first-order valence-corrected chi connectivity index (χ1v) is 5.73. The maximum Gasteiger partial charge on any atom is 0.305 e. The van der Waals surface area contributed by atoms with E-state index >= 15 is 0 Å². The first kappa shape index (κ1) is 12.0. The quantitative estimate of drug-likeness (QED) is 0.653. The number of nitro benzene ring substituents is 1. The molecule has 1 aromatic carbocycles. The van der Waals surface area contributed by atoms with Crippen LogP contribution >= 0.6 is 15.9 Å². The molecule has 0 amide bonds. The van der Waals surface area contributed by atoms with Crippen molar-refractivity contribution >= 4 is 31.6 Å². The Morgan fingerprint density at radius 1 is 1.47 bits per heavy atom. The monoisotopic (exact) mass is 298 g/mol. The van der Waals surface area contributed by atoms with Gasteiger partial charge in [-0.3, -0.25) is 10.1 Å². The summed E-state index contributed by atoms with van der Waals surface area (Å²) in [5.41, 5.74) is -0.825. The molecule has 2 N–H and O–H groups in total. The average molecular weight is 299 g/mol. The van der Waals surface area contributed by atoms with Gasteiger partial charge >= 0.3 is 5.69 Å². The van der Waals surface area contributed by atoms with Crippen LogP contribution < -0.4 is 5.14 Å². The molecule has 82 valence electrons. The first-order chi connectivity index (χ1) is 6.73. The van der Waals surface area contributed by atoms with Crippen LogP contribution in [0.5, 0.6) is 0 Å². The predicted octanol–water partition coefficient (Wildman–Crippen LogP) is 1.14. The van der Waals surface area contributed by atoms with Gasteiger partial charge in [0, 0.05) is 16.6 Å². The van der Waals surface area contributed by atoms with E-state index in [1.807, 2.05) is 0 Å². The van der Waals surface area contributed by atoms with Crippen molar-refractivity contribution in [3.63, 3.8) is 0 Å². The van der Waals surface area contributed by atoms with Crippen molar-refractivity contribution in [1.29, 1.82) is 0 Å². The highest BCUT2D eigenvalue weighted by Gasteiger charge is 2.21. The molecule has 0 radical (unpaired) electrons. The van der Waals surface area contributed by atoms with E-state index in [-0.39, 0.29) is 4.47 Å². The molecule has 0 aliphatic rings. The lowest BCUT2D eigenvalue weighted by Crippen LogP contribution is -2.13. The standard InChI is InChI=1S/C6H4BrFN2O4S/c7-3-1-5(10(11)12)4(8)2-6(3)15(9,13)14/h1-2H,(H2,9,13,14). The Bertz CT molecular complexity index is 530. The van der Waals surface area contributed by atoms with Crippen molar-refractivity contribution < 1.29 is 17.7 Å². The molecule has 9 heteroatoms. The predicted molar refractivity (Wildman–Crippen MR) is 52.1 cm³/mol. The Balaban J connectivity index is 3.52. The summed E-state index contributed by atoms with van der Waals surface area (Å²) in [6, 6.07) is 1.24. The maximum atomic E-state index is 13.0. The molecule has 0 heterocycles. The molecule has 0 unspecified atom stereocenters. The third-order valence-electron chi connectivity index (χ3n) is 1.50. The van der Waals surface area contributed by atoms with Gasteiger partial charge in [-0.25, -0.2) is 13.6 Å². The molecule has 0 aliphatic carbocycles. The fourth-order valence-corrected chi connectivity index (χ4v) is 2.48.